The predicted molar refractivity (Wildman–Crippen MR) is 154 cm³/mol. The fourth-order valence-electron chi connectivity index (χ4n) is 5.29. The van der Waals surface area contributed by atoms with Crippen LogP contribution in [-0.2, 0) is 17.9 Å². The Balaban J connectivity index is 1.57. The minimum Gasteiger partial charge on any atom is -0.345 e. The van der Waals surface area contributed by atoms with Crippen LogP contribution in [-0.4, -0.2) is 44.8 Å². The number of rotatable bonds is 10. The molecule has 0 radical (unpaired) electrons. The molecule has 0 saturated heterocycles. The third-order valence-corrected chi connectivity index (χ3v) is 8.25. The van der Waals surface area contributed by atoms with Gasteiger partial charge in [-0.3, -0.25) is 9.59 Å². The van der Waals surface area contributed by atoms with E-state index in [0.29, 0.717) is 18.7 Å². The van der Waals surface area contributed by atoms with Crippen LogP contribution in [0.25, 0.3) is 0 Å². The van der Waals surface area contributed by atoms with Crippen molar-refractivity contribution in [2.24, 2.45) is 0 Å². The first-order chi connectivity index (χ1) is 18.4. The highest BCUT2D eigenvalue weighted by molar-refractivity contribution is 6.31. The number of carbonyl (C=O) groups excluding carboxylic acids is 2. The molecule has 3 aromatic rings. The average Bonchev–Trinajstić information content (AvgIpc) is 3.38. The summed E-state index contributed by atoms with van der Waals surface area (Å²) in [4.78, 5) is 31.3. The average molecular weight is 534 g/mol. The molecular weight excluding hydrogens is 494 g/mol. The van der Waals surface area contributed by atoms with Crippen LogP contribution in [0.5, 0.6) is 0 Å². The summed E-state index contributed by atoms with van der Waals surface area (Å²) in [7, 11) is 0. The summed E-state index contributed by atoms with van der Waals surface area (Å²) < 4.78 is 2.17. The molecule has 1 aliphatic carbocycles. The van der Waals surface area contributed by atoms with Crippen LogP contribution in [0.1, 0.15) is 79.6 Å². The van der Waals surface area contributed by atoms with E-state index >= 15 is 0 Å². The van der Waals surface area contributed by atoms with Crippen molar-refractivity contribution in [2.45, 2.75) is 84.5 Å². The molecule has 1 fully saturated rings. The Bertz CT molecular complexity index is 1210. The molecule has 2 amide bonds. The van der Waals surface area contributed by atoms with E-state index in [1.165, 1.54) is 6.42 Å². The van der Waals surface area contributed by atoms with Crippen LogP contribution in [0.2, 0.25) is 5.02 Å². The summed E-state index contributed by atoms with van der Waals surface area (Å²) in [6, 6.07) is 19.8. The summed E-state index contributed by atoms with van der Waals surface area (Å²) in [6.45, 7) is 7.36. The molecule has 0 bridgehead atoms. The van der Waals surface area contributed by atoms with Crippen molar-refractivity contribution in [1.82, 2.24) is 14.4 Å². The van der Waals surface area contributed by atoms with Crippen LogP contribution in [0.3, 0.4) is 0 Å². The molecule has 1 unspecified atom stereocenters. The lowest BCUT2D eigenvalue weighted by Gasteiger charge is -2.37. The second-order valence-corrected chi connectivity index (χ2v) is 11.0. The van der Waals surface area contributed by atoms with Gasteiger partial charge in [0.1, 0.15) is 6.54 Å². The lowest BCUT2D eigenvalue weighted by Crippen LogP contribution is -2.49. The molecule has 202 valence electrons. The molecular formula is C32H40ClN3O2. The smallest absolute Gasteiger partial charge is 0.254 e. The highest BCUT2D eigenvalue weighted by Gasteiger charge is 2.30. The highest BCUT2D eigenvalue weighted by Crippen LogP contribution is 2.26. The third kappa shape index (κ3) is 6.87. The second kappa shape index (κ2) is 13.1. The fourth-order valence-corrected chi connectivity index (χ4v) is 5.49. The lowest BCUT2D eigenvalue weighted by atomic mass is 9.94. The van der Waals surface area contributed by atoms with Crippen molar-refractivity contribution >= 4 is 23.4 Å². The zero-order chi connectivity index (χ0) is 27.1. The van der Waals surface area contributed by atoms with Crippen LogP contribution >= 0.6 is 11.6 Å². The maximum absolute atomic E-state index is 14.0. The molecule has 1 aromatic heterocycles. The monoisotopic (exact) mass is 533 g/mol. The number of benzene rings is 2. The number of hydrogen-bond acceptors (Lipinski definition) is 2. The number of carbonyl (C=O) groups is 2. The molecule has 6 heteroatoms. The molecule has 38 heavy (non-hydrogen) atoms. The van der Waals surface area contributed by atoms with E-state index in [1.54, 1.807) is 4.90 Å². The fraction of sp³-hybridized carbons (Fsp3) is 0.438. The van der Waals surface area contributed by atoms with Crippen molar-refractivity contribution in [3.63, 3.8) is 0 Å². The minimum absolute atomic E-state index is 0.0168. The highest BCUT2D eigenvalue weighted by atomic mass is 35.5. The normalized spacial score (nSPS) is 14.7. The van der Waals surface area contributed by atoms with E-state index in [4.69, 9.17) is 11.6 Å². The maximum atomic E-state index is 14.0. The van der Waals surface area contributed by atoms with Gasteiger partial charge in [-0.2, -0.15) is 0 Å². The van der Waals surface area contributed by atoms with Crippen molar-refractivity contribution in [1.29, 1.82) is 0 Å². The van der Waals surface area contributed by atoms with Gasteiger partial charge in [-0.25, -0.2) is 0 Å². The minimum atomic E-state index is -0.0848. The Morgan fingerprint density at radius 2 is 1.71 bits per heavy atom. The molecule has 1 heterocycles. The summed E-state index contributed by atoms with van der Waals surface area (Å²) in [5.74, 6) is -0.0680. The van der Waals surface area contributed by atoms with Crippen molar-refractivity contribution < 1.29 is 9.59 Å². The van der Waals surface area contributed by atoms with Gasteiger partial charge in [0.25, 0.3) is 5.91 Å². The molecule has 4 rings (SSSR count). The molecule has 1 saturated carbocycles. The van der Waals surface area contributed by atoms with E-state index in [1.807, 2.05) is 73.3 Å². The van der Waals surface area contributed by atoms with Gasteiger partial charge in [-0.1, -0.05) is 73.7 Å². The van der Waals surface area contributed by atoms with Crippen LogP contribution in [0, 0.1) is 6.92 Å². The number of aromatic nitrogens is 1. The van der Waals surface area contributed by atoms with Gasteiger partial charge in [0.05, 0.1) is 6.54 Å². The van der Waals surface area contributed by atoms with Crippen molar-refractivity contribution in [3.05, 3.63) is 94.3 Å². The van der Waals surface area contributed by atoms with Gasteiger partial charge < -0.3 is 14.4 Å². The predicted octanol–water partition coefficient (Wildman–Crippen LogP) is 7.10. The Hall–Kier alpha value is -3.05. The van der Waals surface area contributed by atoms with E-state index in [-0.39, 0.29) is 30.4 Å². The quantitative estimate of drug-likeness (QED) is 0.279. The summed E-state index contributed by atoms with van der Waals surface area (Å²) in [5, 5.41) is 0.742. The van der Waals surface area contributed by atoms with Gasteiger partial charge in [0.15, 0.2) is 0 Å². The summed E-state index contributed by atoms with van der Waals surface area (Å²) in [6.07, 6.45) is 8.33. The van der Waals surface area contributed by atoms with Crippen molar-refractivity contribution in [3.8, 4) is 0 Å². The number of hydrogen-bond donors (Lipinski definition) is 0. The molecule has 1 atom stereocenters. The van der Waals surface area contributed by atoms with E-state index in [2.05, 4.69) is 23.8 Å². The SMILES string of the molecule is CCC(C)N(CC(=O)N(Cc1cccn1Cc1ccccc1Cl)C1CCCCC1)C(=O)c1ccc(C)cc1. The standard InChI is InChI=1S/C32H40ClN3O2/c1-4-25(3)35(32(38)26-18-16-24(2)17-19-26)23-31(37)36(28-12-6-5-7-13-28)22-29-14-10-20-34(29)21-27-11-8-9-15-30(27)33/h8-11,14-20,25,28H,4-7,12-13,21-23H2,1-3H3. The third-order valence-electron chi connectivity index (χ3n) is 7.88. The zero-order valence-corrected chi connectivity index (χ0v) is 23.7. The van der Waals surface area contributed by atoms with Crippen LogP contribution < -0.4 is 0 Å². The molecule has 1 aliphatic rings. The first-order valence-electron chi connectivity index (χ1n) is 13.9. The number of nitrogens with zero attached hydrogens (tertiary/aromatic N) is 3. The molecule has 2 aromatic carbocycles. The number of halogens is 1. The van der Waals surface area contributed by atoms with Gasteiger partial charge in [-0.15, -0.1) is 0 Å². The van der Waals surface area contributed by atoms with E-state index in [9.17, 15) is 9.59 Å². The number of amides is 2. The van der Waals surface area contributed by atoms with Crippen LogP contribution in [0.4, 0.5) is 0 Å². The summed E-state index contributed by atoms with van der Waals surface area (Å²) in [5.41, 5.74) is 3.86. The topological polar surface area (TPSA) is 45.6 Å². The Labute approximate surface area is 232 Å². The van der Waals surface area contributed by atoms with Gasteiger partial charge in [0, 0.05) is 41.1 Å². The zero-order valence-electron chi connectivity index (χ0n) is 22.9. The Kier molecular flexibility index (Phi) is 9.68. The van der Waals surface area contributed by atoms with Gasteiger partial charge >= 0.3 is 0 Å². The molecule has 0 aliphatic heterocycles. The lowest BCUT2D eigenvalue weighted by molar-refractivity contribution is -0.136. The largest absolute Gasteiger partial charge is 0.345 e. The molecule has 5 nitrogen and oxygen atoms in total. The Morgan fingerprint density at radius 3 is 2.39 bits per heavy atom. The van der Waals surface area contributed by atoms with Crippen LogP contribution in [0.15, 0.2) is 66.9 Å². The Morgan fingerprint density at radius 1 is 1.00 bits per heavy atom. The van der Waals surface area contributed by atoms with E-state index < -0.39 is 0 Å². The first kappa shape index (κ1) is 28.0. The van der Waals surface area contributed by atoms with Gasteiger partial charge in [-0.05, 0) is 69.0 Å². The van der Waals surface area contributed by atoms with E-state index in [0.717, 1.165) is 53.9 Å². The summed E-state index contributed by atoms with van der Waals surface area (Å²) >= 11 is 6.45. The number of aryl methyl sites for hydroxylation is 1. The second-order valence-electron chi connectivity index (χ2n) is 10.6. The maximum Gasteiger partial charge on any atom is 0.254 e. The van der Waals surface area contributed by atoms with Crippen molar-refractivity contribution in [2.75, 3.05) is 6.54 Å². The molecule has 0 N–H and O–H groups in total. The first-order valence-corrected chi connectivity index (χ1v) is 14.3. The molecule has 0 spiro atoms. The van der Waals surface area contributed by atoms with Gasteiger partial charge in [0.2, 0.25) is 5.91 Å².